The van der Waals surface area contributed by atoms with Crippen LogP contribution in [-0.2, 0) is 14.3 Å². The molecular weight excluding hydrogens is 156 g/mol. The Morgan fingerprint density at radius 3 is 2.83 bits per heavy atom. The van der Waals surface area contributed by atoms with Gasteiger partial charge in [-0.25, -0.2) is 0 Å². The highest BCUT2D eigenvalue weighted by atomic mass is 16.5. The summed E-state index contributed by atoms with van der Waals surface area (Å²) in [5.74, 6) is -0.904. The van der Waals surface area contributed by atoms with Crippen LogP contribution in [0.3, 0.4) is 0 Å². The van der Waals surface area contributed by atoms with Crippen LogP contribution in [0.1, 0.15) is 13.3 Å². The number of ether oxygens (including phenoxy) is 1. The number of rotatable bonds is 3. The zero-order valence-electron chi connectivity index (χ0n) is 6.87. The molecule has 1 aliphatic rings. The molecule has 0 aromatic rings. The second kappa shape index (κ2) is 3.85. The second-order valence-electron chi connectivity index (χ2n) is 2.43. The molecule has 0 aromatic heterocycles. The van der Waals surface area contributed by atoms with Crippen molar-refractivity contribution in [2.45, 2.75) is 13.3 Å². The third-order valence-electron chi connectivity index (χ3n) is 1.40. The van der Waals surface area contributed by atoms with Gasteiger partial charge in [-0.1, -0.05) is 13.0 Å². The molecule has 0 heterocycles. The third-order valence-corrected chi connectivity index (χ3v) is 1.40. The molecule has 12 heavy (non-hydrogen) atoms. The van der Waals surface area contributed by atoms with E-state index in [1.54, 1.807) is 0 Å². The first kappa shape index (κ1) is 8.71. The summed E-state index contributed by atoms with van der Waals surface area (Å²) in [4.78, 5) is 21.8. The van der Waals surface area contributed by atoms with E-state index < -0.39 is 11.6 Å². The van der Waals surface area contributed by atoms with Gasteiger partial charge >= 0.3 is 0 Å². The average Bonchev–Trinajstić information content (AvgIpc) is 2.08. The first-order valence-electron chi connectivity index (χ1n) is 3.85. The normalized spacial score (nSPS) is 16.2. The van der Waals surface area contributed by atoms with Crippen LogP contribution < -0.4 is 0 Å². The van der Waals surface area contributed by atoms with E-state index in [9.17, 15) is 9.59 Å². The number of allylic oxidation sites excluding steroid dienone is 4. The van der Waals surface area contributed by atoms with Crippen molar-refractivity contribution in [3.63, 3.8) is 0 Å². The lowest BCUT2D eigenvalue weighted by Crippen LogP contribution is -2.18. The smallest absolute Gasteiger partial charge is 0.267 e. The Hall–Kier alpha value is -1.38. The van der Waals surface area contributed by atoms with Crippen molar-refractivity contribution in [1.29, 1.82) is 0 Å². The van der Waals surface area contributed by atoms with Gasteiger partial charge in [-0.15, -0.1) is 0 Å². The minimum atomic E-state index is -0.550. The summed E-state index contributed by atoms with van der Waals surface area (Å²) < 4.78 is 5.05. The highest BCUT2D eigenvalue weighted by Gasteiger charge is 2.19. The molecule has 0 saturated heterocycles. The molecule has 3 heteroatoms. The Kier molecular flexibility index (Phi) is 2.80. The van der Waals surface area contributed by atoms with Crippen LogP contribution in [0.25, 0.3) is 0 Å². The predicted molar refractivity (Wildman–Crippen MR) is 43.5 cm³/mol. The van der Waals surface area contributed by atoms with E-state index in [-0.39, 0.29) is 5.76 Å². The van der Waals surface area contributed by atoms with Gasteiger partial charge in [0.05, 0.1) is 6.61 Å². The summed E-state index contributed by atoms with van der Waals surface area (Å²) in [7, 11) is 0. The summed E-state index contributed by atoms with van der Waals surface area (Å²) in [5.41, 5.74) is 0. The largest absolute Gasteiger partial charge is 0.489 e. The first-order chi connectivity index (χ1) is 5.75. The van der Waals surface area contributed by atoms with Crippen molar-refractivity contribution in [3.05, 3.63) is 24.0 Å². The number of Topliss-reactive ketones (excluding diaryl/α,β-unsaturated/α-hetero) is 1. The number of hydrogen-bond donors (Lipinski definition) is 0. The number of carbonyl (C=O) groups excluding carboxylic acids is 2. The van der Waals surface area contributed by atoms with Crippen molar-refractivity contribution in [1.82, 2.24) is 0 Å². The highest BCUT2D eigenvalue weighted by molar-refractivity contribution is 6.47. The maximum absolute atomic E-state index is 11.0. The fourth-order valence-corrected chi connectivity index (χ4v) is 0.821. The molecule has 0 saturated carbocycles. The van der Waals surface area contributed by atoms with E-state index in [0.717, 1.165) is 6.42 Å². The zero-order valence-corrected chi connectivity index (χ0v) is 6.87. The van der Waals surface area contributed by atoms with Crippen LogP contribution in [0.5, 0.6) is 0 Å². The molecule has 64 valence electrons. The number of hydrogen-bond acceptors (Lipinski definition) is 3. The van der Waals surface area contributed by atoms with Gasteiger partial charge in [-0.05, 0) is 18.6 Å². The molecule has 0 aromatic carbocycles. The van der Waals surface area contributed by atoms with Crippen LogP contribution in [0.2, 0.25) is 0 Å². The van der Waals surface area contributed by atoms with E-state index in [0.29, 0.717) is 6.61 Å². The fraction of sp³-hybridized carbons (Fsp3) is 0.333. The predicted octanol–water partition coefficient (Wildman–Crippen LogP) is 1.00. The Balaban J connectivity index is 2.63. The van der Waals surface area contributed by atoms with Crippen LogP contribution in [0, 0.1) is 0 Å². The molecule has 0 unspecified atom stereocenters. The SMILES string of the molecule is CCCOC1=CC=CC(=O)C1=O. The second-order valence-corrected chi connectivity index (χ2v) is 2.43. The van der Waals surface area contributed by atoms with Crippen molar-refractivity contribution < 1.29 is 14.3 Å². The van der Waals surface area contributed by atoms with Gasteiger partial charge in [0.2, 0.25) is 5.78 Å². The average molecular weight is 166 g/mol. The molecule has 0 bridgehead atoms. The fourth-order valence-electron chi connectivity index (χ4n) is 0.821. The summed E-state index contributed by atoms with van der Waals surface area (Å²) in [6.07, 6.45) is 5.10. The van der Waals surface area contributed by atoms with Gasteiger partial charge in [-0.2, -0.15) is 0 Å². The van der Waals surface area contributed by atoms with Crippen molar-refractivity contribution in [3.8, 4) is 0 Å². The van der Waals surface area contributed by atoms with Gasteiger partial charge in [0.1, 0.15) is 0 Å². The maximum Gasteiger partial charge on any atom is 0.267 e. The van der Waals surface area contributed by atoms with E-state index in [4.69, 9.17) is 4.74 Å². The topological polar surface area (TPSA) is 43.4 Å². The molecule has 0 spiro atoms. The molecule has 3 nitrogen and oxygen atoms in total. The Labute approximate surface area is 70.7 Å². The lowest BCUT2D eigenvalue weighted by Gasteiger charge is -2.07. The molecule has 0 radical (unpaired) electrons. The summed E-state index contributed by atoms with van der Waals surface area (Å²) in [6.45, 7) is 2.41. The molecule has 1 rings (SSSR count). The van der Waals surface area contributed by atoms with E-state index in [1.165, 1.54) is 18.2 Å². The van der Waals surface area contributed by atoms with Crippen molar-refractivity contribution >= 4 is 11.6 Å². The molecular formula is C9H10O3. The number of ketones is 2. The lowest BCUT2D eigenvalue weighted by molar-refractivity contribution is -0.133. The molecule has 0 N–H and O–H groups in total. The Morgan fingerprint density at radius 1 is 1.42 bits per heavy atom. The maximum atomic E-state index is 11.0. The Morgan fingerprint density at radius 2 is 2.17 bits per heavy atom. The monoisotopic (exact) mass is 166 g/mol. The van der Waals surface area contributed by atoms with Gasteiger partial charge in [0.15, 0.2) is 5.76 Å². The van der Waals surface area contributed by atoms with E-state index in [1.807, 2.05) is 6.92 Å². The summed E-state index contributed by atoms with van der Waals surface area (Å²) >= 11 is 0. The first-order valence-corrected chi connectivity index (χ1v) is 3.85. The molecule has 0 aliphatic heterocycles. The minimum Gasteiger partial charge on any atom is -0.489 e. The van der Waals surface area contributed by atoms with Gasteiger partial charge < -0.3 is 4.74 Å². The molecule has 0 atom stereocenters. The van der Waals surface area contributed by atoms with Crippen LogP contribution >= 0.6 is 0 Å². The van der Waals surface area contributed by atoms with Crippen molar-refractivity contribution in [2.24, 2.45) is 0 Å². The minimum absolute atomic E-state index is 0.157. The lowest BCUT2D eigenvalue weighted by atomic mass is 10.1. The molecule has 0 amide bonds. The van der Waals surface area contributed by atoms with Crippen molar-refractivity contribution in [2.75, 3.05) is 6.61 Å². The van der Waals surface area contributed by atoms with E-state index >= 15 is 0 Å². The third kappa shape index (κ3) is 1.81. The van der Waals surface area contributed by atoms with E-state index in [2.05, 4.69) is 0 Å². The van der Waals surface area contributed by atoms with Gasteiger partial charge in [0, 0.05) is 0 Å². The summed E-state index contributed by atoms with van der Waals surface area (Å²) in [5, 5.41) is 0. The quantitative estimate of drug-likeness (QED) is 0.464. The van der Waals surface area contributed by atoms with Gasteiger partial charge in [-0.3, -0.25) is 9.59 Å². The standard InChI is InChI=1S/C9H10O3/c1-2-6-12-8-5-3-4-7(10)9(8)11/h3-5H,2,6H2,1H3. The number of carbonyl (C=O) groups is 2. The van der Waals surface area contributed by atoms with Crippen LogP contribution in [0.4, 0.5) is 0 Å². The highest BCUT2D eigenvalue weighted by Crippen LogP contribution is 2.06. The zero-order chi connectivity index (χ0) is 8.97. The molecule has 1 aliphatic carbocycles. The van der Waals surface area contributed by atoms with Gasteiger partial charge in [0.25, 0.3) is 5.78 Å². The van der Waals surface area contributed by atoms with Crippen LogP contribution in [-0.4, -0.2) is 18.2 Å². The molecule has 0 fully saturated rings. The van der Waals surface area contributed by atoms with Crippen LogP contribution in [0.15, 0.2) is 24.0 Å². The Bertz CT molecular complexity index is 261. The summed E-state index contributed by atoms with van der Waals surface area (Å²) in [6, 6.07) is 0.